The van der Waals surface area contributed by atoms with Crippen molar-refractivity contribution in [3.8, 4) is 0 Å². The number of aromatic nitrogens is 1. The summed E-state index contributed by atoms with van der Waals surface area (Å²) in [7, 11) is 2.17. The quantitative estimate of drug-likeness (QED) is 0.838. The van der Waals surface area contributed by atoms with Crippen LogP contribution in [0.1, 0.15) is 42.5 Å². The Balaban J connectivity index is 2.03. The Kier molecular flexibility index (Phi) is 3.38. The second kappa shape index (κ2) is 4.60. The van der Waals surface area contributed by atoms with E-state index in [9.17, 15) is 5.11 Å². The number of rotatable bonds is 2. The average molecular weight is 226 g/mol. The highest BCUT2D eigenvalue weighted by Crippen LogP contribution is 2.30. The number of aliphatic hydroxyl groups is 1. The zero-order valence-corrected chi connectivity index (χ0v) is 10.1. The molecule has 3 nitrogen and oxygen atoms in total. The predicted molar refractivity (Wildman–Crippen MR) is 62.2 cm³/mol. The Morgan fingerprint density at radius 3 is 2.73 bits per heavy atom. The third-order valence-corrected chi connectivity index (χ3v) is 4.06. The first kappa shape index (κ1) is 11.0. The van der Waals surface area contributed by atoms with Crippen molar-refractivity contribution >= 4 is 11.3 Å². The van der Waals surface area contributed by atoms with Crippen LogP contribution in [0.15, 0.2) is 5.38 Å². The molecule has 0 spiro atoms. The van der Waals surface area contributed by atoms with E-state index in [4.69, 9.17) is 0 Å². The molecule has 0 bridgehead atoms. The molecule has 2 heterocycles. The monoisotopic (exact) mass is 226 g/mol. The highest BCUT2D eigenvalue weighted by molar-refractivity contribution is 7.09. The SMILES string of the molecule is CC(O)c1csc(C2CCN(C)CC2)n1. The lowest BCUT2D eigenvalue weighted by Crippen LogP contribution is -2.29. The average Bonchev–Trinajstić information content (AvgIpc) is 2.68. The van der Waals surface area contributed by atoms with Gasteiger partial charge in [-0.2, -0.15) is 0 Å². The summed E-state index contributed by atoms with van der Waals surface area (Å²) in [6, 6.07) is 0. The molecule has 2 rings (SSSR count). The Morgan fingerprint density at radius 1 is 1.53 bits per heavy atom. The van der Waals surface area contributed by atoms with E-state index in [1.54, 1.807) is 18.3 Å². The van der Waals surface area contributed by atoms with Gasteiger partial charge in [-0.05, 0) is 39.9 Å². The molecule has 1 unspecified atom stereocenters. The van der Waals surface area contributed by atoms with Crippen LogP contribution in [0.4, 0.5) is 0 Å². The molecule has 1 fully saturated rings. The van der Waals surface area contributed by atoms with Crippen LogP contribution in [-0.4, -0.2) is 35.1 Å². The Labute approximate surface area is 94.8 Å². The molecule has 1 N–H and O–H groups in total. The fraction of sp³-hybridized carbons (Fsp3) is 0.727. The molecular weight excluding hydrogens is 208 g/mol. The lowest BCUT2D eigenvalue weighted by atomic mass is 9.98. The zero-order valence-electron chi connectivity index (χ0n) is 9.31. The molecule has 1 atom stereocenters. The van der Waals surface area contributed by atoms with Gasteiger partial charge >= 0.3 is 0 Å². The minimum absolute atomic E-state index is 0.429. The van der Waals surface area contributed by atoms with E-state index in [0.29, 0.717) is 5.92 Å². The van der Waals surface area contributed by atoms with Crippen LogP contribution in [0.3, 0.4) is 0 Å². The van der Waals surface area contributed by atoms with Crippen LogP contribution >= 0.6 is 11.3 Å². The van der Waals surface area contributed by atoms with Crippen molar-refractivity contribution in [3.05, 3.63) is 16.1 Å². The summed E-state index contributed by atoms with van der Waals surface area (Å²) in [4.78, 5) is 6.87. The third-order valence-electron chi connectivity index (χ3n) is 3.04. The van der Waals surface area contributed by atoms with Gasteiger partial charge in [0.1, 0.15) is 0 Å². The molecule has 1 aliphatic rings. The Hall–Kier alpha value is -0.450. The van der Waals surface area contributed by atoms with E-state index >= 15 is 0 Å². The number of thiazole rings is 1. The molecule has 84 valence electrons. The predicted octanol–water partition coefficient (Wildman–Crippen LogP) is 2.01. The van der Waals surface area contributed by atoms with E-state index < -0.39 is 6.10 Å². The minimum Gasteiger partial charge on any atom is -0.387 e. The summed E-state index contributed by atoms with van der Waals surface area (Å²) in [5, 5.41) is 12.6. The standard InChI is InChI=1S/C11H18N2OS/c1-8(14)10-7-15-11(12-10)9-3-5-13(2)6-4-9/h7-9,14H,3-6H2,1-2H3. The topological polar surface area (TPSA) is 36.4 Å². The Bertz CT molecular complexity index is 316. The maximum atomic E-state index is 9.41. The summed E-state index contributed by atoms with van der Waals surface area (Å²) in [6.45, 7) is 4.09. The molecule has 0 amide bonds. The maximum absolute atomic E-state index is 9.41. The fourth-order valence-corrected chi connectivity index (χ4v) is 3.01. The van der Waals surface area contributed by atoms with Crippen molar-refractivity contribution < 1.29 is 5.11 Å². The summed E-state index contributed by atoms with van der Waals surface area (Å²) in [6.07, 6.45) is 1.97. The molecule has 0 aliphatic carbocycles. The number of likely N-dealkylation sites (tertiary alicyclic amines) is 1. The van der Waals surface area contributed by atoms with Crippen molar-refractivity contribution in [2.24, 2.45) is 0 Å². The van der Waals surface area contributed by atoms with Crippen LogP contribution in [0.2, 0.25) is 0 Å². The Morgan fingerprint density at radius 2 is 2.20 bits per heavy atom. The van der Waals surface area contributed by atoms with Crippen molar-refractivity contribution in [2.75, 3.05) is 20.1 Å². The first-order valence-electron chi connectivity index (χ1n) is 5.48. The lowest BCUT2D eigenvalue weighted by molar-refractivity contribution is 0.194. The molecule has 0 radical (unpaired) electrons. The molecule has 1 aliphatic heterocycles. The van der Waals surface area contributed by atoms with E-state index in [1.807, 2.05) is 5.38 Å². The first-order chi connectivity index (χ1) is 7.16. The van der Waals surface area contributed by atoms with Gasteiger partial charge < -0.3 is 10.0 Å². The van der Waals surface area contributed by atoms with Crippen LogP contribution < -0.4 is 0 Å². The minimum atomic E-state index is -0.429. The van der Waals surface area contributed by atoms with Crippen molar-refractivity contribution in [2.45, 2.75) is 31.8 Å². The van der Waals surface area contributed by atoms with E-state index in [0.717, 1.165) is 18.8 Å². The normalized spacial score (nSPS) is 21.8. The molecule has 4 heteroatoms. The second-order valence-electron chi connectivity index (χ2n) is 4.36. The van der Waals surface area contributed by atoms with E-state index in [-0.39, 0.29) is 0 Å². The van der Waals surface area contributed by atoms with Crippen molar-refractivity contribution in [1.82, 2.24) is 9.88 Å². The van der Waals surface area contributed by atoms with E-state index in [1.165, 1.54) is 17.8 Å². The van der Waals surface area contributed by atoms with Gasteiger partial charge in [0.25, 0.3) is 0 Å². The molecule has 0 aromatic carbocycles. The van der Waals surface area contributed by atoms with Gasteiger partial charge in [-0.15, -0.1) is 11.3 Å². The van der Waals surface area contributed by atoms with Gasteiger partial charge in [0.15, 0.2) is 0 Å². The van der Waals surface area contributed by atoms with Gasteiger partial charge in [-0.1, -0.05) is 0 Å². The van der Waals surface area contributed by atoms with Gasteiger partial charge in [0, 0.05) is 11.3 Å². The van der Waals surface area contributed by atoms with Gasteiger partial charge in [0.2, 0.25) is 0 Å². The highest BCUT2D eigenvalue weighted by Gasteiger charge is 2.21. The number of piperidine rings is 1. The molecular formula is C11H18N2OS. The molecule has 1 aromatic heterocycles. The van der Waals surface area contributed by atoms with Crippen LogP contribution in [0, 0.1) is 0 Å². The highest BCUT2D eigenvalue weighted by atomic mass is 32.1. The molecule has 15 heavy (non-hydrogen) atoms. The molecule has 1 saturated heterocycles. The molecule has 1 aromatic rings. The van der Waals surface area contributed by atoms with Crippen molar-refractivity contribution in [3.63, 3.8) is 0 Å². The van der Waals surface area contributed by atoms with Crippen LogP contribution in [0.25, 0.3) is 0 Å². The zero-order chi connectivity index (χ0) is 10.8. The van der Waals surface area contributed by atoms with Crippen LogP contribution in [-0.2, 0) is 0 Å². The number of aliphatic hydroxyl groups excluding tert-OH is 1. The summed E-state index contributed by atoms with van der Waals surface area (Å²) < 4.78 is 0. The second-order valence-corrected chi connectivity index (χ2v) is 5.25. The third kappa shape index (κ3) is 2.56. The summed E-state index contributed by atoms with van der Waals surface area (Å²) in [5.74, 6) is 0.610. The smallest absolute Gasteiger partial charge is 0.0961 e. The summed E-state index contributed by atoms with van der Waals surface area (Å²) in [5.41, 5.74) is 0.828. The molecule has 0 saturated carbocycles. The van der Waals surface area contributed by atoms with Gasteiger partial charge in [-0.3, -0.25) is 0 Å². The van der Waals surface area contributed by atoms with Crippen LogP contribution in [0.5, 0.6) is 0 Å². The number of hydrogen-bond donors (Lipinski definition) is 1. The van der Waals surface area contributed by atoms with E-state index in [2.05, 4.69) is 16.9 Å². The van der Waals surface area contributed by atoms with Gasteiger partial charge in [0.05, 0.1) is 16.8 Å². The summed E-state index contributed by atoms with van der Waals surface area (Å²) >= 11 is 1.70. The first-order valence-corrected chi connectivity index (χ1v) is 6.36. The number of hydrogen-bond acceptors (Lipinski definition) is 4. The lowest BCUT2D eigenvalue weighted by Gasteiger charge is -2.27. The van der Waals surface area contributed by atoms with Gasteiger partial charge in [-0.25, -0.2) is 4.98 Å². The maximum Gasteiger partial charge on any atom is 0.0961 e. The fourth-order valence-electron chi connectivity index (χ4n) is 1.94. The number of nitrogens with zero attached hydrogens (tertiary/aromatic N) is 2. The van der Waals surface area contributed by atoms with Crippen molar-refractivity contribution in [1.29, 1.82) is 0 Å². The largest absolute Gasteiger partial charge is 0.387 e.